The van der Waals surface area contributed by atoms with Crippen molar-refractivity contribution in [1.29, 1.82) is 0 Å². The van der Waals surface area contributed by atoms with Crippen molar-refractivity contribution in [1.82, 2.24) is 0 Å². The molecule has 0 aliphatic carbocycles. The van der Waals surface area contributed by atoms with Crippen molar-refractivity contribution >= 4 is 34.7 Å². The van der Waals surface area contributed by atoms with Gasteiger partial charge in [0, 0.05) is 31.3 Å². The molecule has 2 aromatic rings. The number of carboxylic acid groups (broad SMARTS) is 2. The maximum Gasteiger partial charge on any atom is 0.305 e. The zero-order valence-electron chi connectivity index (χ0n) is 16.1. The number of ether oxygens (including phenoxy) is 1. The number of hydrogen-bond donors (Lipinski definition) is 2. The molecule has 30 heavy (non-hydrogen) atoms. The fourth-order valence-corrected chi connectivity index (χ4v) is 2.56. The number of methoxy groups -OCH3 is 1. The Labute approximate surface area is 171 Å². The zero-order chi connectivity index (χ0) is 22.1. The topological polar surface area (TPSA) is 155 Å². The van der Waals surface area contributed by atoms with Gasteiger partial charge in [0.15, 0.2) is 0 Å². The summed E-state index contributed by atoms with van der Waals surface area (Å²) >= 11 is 0. The van der Waals surface area contributed by atoms with Gasteiger partial charge >= 0.3 is 11.9 Å². The van der Waals surface area contributed by atoms with Gasteiger partial charge in [0.1, 0.15) is 5.75 Å². The summed E-state index contributed by atoms with van der Waals surface area (Å²) in [5.74, 6) is -1.61. The van der Waals surface area contributed by atoms with Gasteiger partial charge in [-0.15, -0.1) is 0 Å². The Morgan fingerprint density at radius 3 is 2.03 bits per heavy atom. The normalized spacial score (nSPS) is 10.7. The maximum absolute atomic E-state index is 10.9. The van der Waals surface area contributed by atoms with Crippen LogP contribution < -0.4 is 9.64 Å². The summed E-state index contributed by atoms with van der Waals surface area (Å²) in [6.45, 7) is 0.227. The molecule has 0 aliphatic heterocycles. The van der Waals surface area contributed by atoms with Gasteiger partial charge in [-0.1, -0.05) is 0 Å². The molecule has 2 aromatic carbocycles. The summed E-state index contributed by atoms with van der Waals surface area (Å²) in [6, 6.07) is 10.4. The van der Waals surface area contributed by atoms with Crippen LogP contribution >= 0.6 is 0 Å². The van der Waals surface area contributed by atoms with E-state index < -0.39 is 16.9 Å². The Bertz CT molecular complexity index is 926. The van der Waals surface area contributed by atoms with Crippen molar-refractivity contribution in [3.63, 3.8) is 0 Å². The van der Waals surface area contributed by atoms with Crippen LogP contribution in [0.2, 0.25) is 0 Å². The van der Waals surface area contributed by atoms with Crippen LogP contribution in [0, 0.1) is 10.1 Å². The van der Waals surface area contributed by atoms with E-state index in [2.05, 4.69) is 10.2 Å². The Hall–Kier alpha value is -4.02. The third-order valence-electron chi connectivity index (χ3n) is 4.04. The van der Waals surface area contributed by atoms with Gasteiger partial charge in [0.25, 0.3) is 5.69 Å². The van der Waals surface area contributed by atoms with Crippen LogP contribution in [0.1, 0.15) is 12.8 Å². The van der Waals surface area contributed by atoms with E-state index in [0.717, 1.165) is 0 Å². The minimum atomic E-state index is -0.997. The van der Waals surface area contributed by atoms with Crippen LogP contribution in [0.15, 0.2) is 52.7 Å². The second-order valence-electron chi connectivity index (χ2n) is 6.10. The molecule has 0 atom stereocenters. The van der Waals surface area contributed by atoms with Gasteiger partial charge in [0.05, 0.1) is 41.9 Å². The van der Waals surface area contributed by atoms with E-state index in [1.165, 1.54) is 31.4 Å². The molecule has 0 saturated heterocycles. The number of carboxylic acids is 2. The molecule has 11 heteroatoms. The third-order valence-corrected chi connectivity index (χ3v) is 4.04. The molecular formula is C19H20N4O7. The molecule has 11 nitrogen and oxygen atoms in total. The number of nitro benzene ring substituents is 1. The van der Waals surface area contributed by atoms with Gasteiger partial charge in [-0.2, -0.15) is 10.2 Å². The van der Waals surface area contributed by atoms with Gasteiger partial charge in [-0.3, -0.25) is 19.7 Å². The van der Waals surface area contributed by atoms with Crippen molar-refractivity contribution < 1.29 is 29.5 Å². The summed E-state index contributed by atoms with van der Waals surface area (Å²) in [5.41, 5.74) is 1.34. The molecular weight excluding hydrogens is 396 g/mol. The lowest BCUT2D eigenvalue weighted by Gasteiger charge is -2.25. The average molecular weight is 416 g/mol. The molecule has 0 aromatic heterocycles. The van der Waals surface area contributed by atoms with Crippen molar-refractivity contribution in [3.05, 3.63) is 52.6 Å². The summed E-state index contributed by atoms with van der Waals surface area (Å²) in [4.78, 5) is 33.6. The van der Waals surface area contributed by atoms with E-state index in [0.29, 0.717) is 22.8 Å². The zero-order valence-corrected chi connectivity index (χ0v) is 16.1. The largest absolute Gasteiger partial charge is 0.495 e. The smallest absolute Gasteiger partial charge is 0.305 e. The average Bonchev–Trinajstić information content (AvgIpc) is 2.72. The lowest BCUT2D eigenvalue weighted by atomic mass is 10.2. The van der Waals surface area contributed by atoms with E-state index in [4.69, 9.17) is 14.9 Å². The molecule has 0 aliphatic rings. The van der Waals surface area contributed by atoms with Crippen LogP contribution in [-0.2, 0) is 9.59 Å². The molecule has 0 saturated carbocycles. The quantitative estimate of drug-likeness (QED) is 0.318. The predicted octanol–water partition coefficient (Wildman–Crippen LogP) is 3.77. The fraction of sp³-hybridized carbons (Fsp3) is 0.263. The first-order valence-electron chi connectivity index (χ1n) is 8.83. The monoisotopic (exact) mass is 416 g/mol. The van der Waals surface area contributed by atoms with Gasteiger partial charge in [-0.05, 0) is 24.3 Å². The standard InChI is InChI=1S/C19H20N4O7/c1-30-17-12-14(21-20-13-2-5-15(6-3-13)23(28)29)4-7-16(17)22(10-8-18(24)25)11-9-19(26)27/h2-7,12H,8-11H2,1H3,(H,24,25)(H,26,27). The minimum Gasteiger partial charge on any atom is -0.495 e. The molecule has 158 valence electrons. The number of nitrogens with zero attached hydrogens (tertiary/aromatic N) is 4. The Balaban J connectivity index is 2.22. The SMILES string of the molecule is COc1cc(N=Nc2ccc([N+](=O)[O-])cc2)ccc1N(CCC(=O)O)CCC(=O)O. The molecule has 0 bridgehead atoms. The third kappa shape index (κ3) is 6.55. The summed E-state index contributed by atoms with van der Waals surface area (Å²) < 4.78 is 5.36. The van der Waals surface area contributed by atoms with Crippen LogP contribution in [0.3, 0.4) is 0 Å². The lowest BCUT2D eigenvalue weighted by Crippen LogP contribution is -2.29. The van der Waals surface area contributed by atoms with E-state index in [-0.39, 0.29) is 31.6 Å². The van der Waals surface area contributed by atoms with E-state index >= 15 is 0 Å². The highest BCUT2D eigenvalue weighted by molar-refractivity contribution is 5.71. The minimum absolute atomic E-state index is 0.0530. The number of nitro groups is 1. The van der Waals surface area contributed by atoms with Crippen molar-refractivity contribution in [2.24, 2.45) is 10.2 Å². The van der Waals surface area contributed by atoms with Gasteiger partial charge in [0.2, 0.25) is 0 Å². The lowest BCUT2D eigenvalue weighted by molar-refractivity contribution is -0.384. The number of non-ortho nitro benzene ring substituents is 1. The van der Waals surface area contributed by atoms with E-state index in [1.54, 1.807) is 23.1 Å². The van der Waals surface area contributed by atoms with Gasteiger partial charge < -0.3 is 19.8 Å². The second-order valence-corrected chi connectivity index (χ2v) is 6.10. The van der Waals surface area contributed by atoms with E-state index in [1.807, 2.05) is 0 Å². The van der Waals surface area contributed by atoms with Crippen LogP contribution in [0.5, 0.6) is 5.75 Å². The molecule has 2 rings (SSSR count). The molecule has 0 heterocycles. The number of carbonyl (C=O) groups is 2. The van der Waals surface area contributed by atoms with Gasteiger partial charge in [-0.25, -0.2) is 0 Å². The highest BCUT2D eigenvalue weighted by atomic mass is 16.6. The maximum atomic E-state index is 10.9. The van der Waals surface area contributed by atoms with Crippen molar-refractivity contribution in [2.45, 2.75) is 12.8 Å². The number of rotatable bonds is 11. The molecule has 0 radical (unpaired) electrons. The first kappa shape index (κ1) is 22.3. The molecule has 0 fully saturated rings. The highest BCUT2D eigenvalue weighted by Crippen LogP contribution is 2.33. The second kappa shape index (κ2) is 10.5. The highest BCUT2D eigenvalue weighted by Gasteiger charge is 2.15. The number of aliphatic carboxylic acids is 2. The summed E-state index contributed by atoms with van der Waals surface area (Å²) in [6.07, 6.45) is -0.325. The molecule has 2 N–H and O–H groups in total. The first-order chi connectivity index (χ1) is 14.3. The van der Waals surface area contributed by atoms with Crippen LogP contribution in [0.4, 0.5) is 22.7 Å². The number of hydrogen-bond acceptors (Lipinski definition) is 8. The van der Waals surface area contributed by atoms with Crippen molar-refractivity contribution in [2.75, 3.05) is 25.1 Å². The Morgan fingerprint density at radius 2 is 1.53 bits per heavy atom. The first-order valence-corrected chi connectivity index (χ1v) is 8.83. The van der Waals surface area contributed by atoms with E-state index in [9.17, 15) is 19.7 Å². The predicted molar refractivity (Wildman–Crippen MR) is 107 cm³/mol. The Kier molecular flexibility index (Phi) is 7.80. The summed E-state index contributed by atoms with van der Waals surface area (Å²) in [7, 11) is 1.43. The fourth-order valence-electron chi connectivity index (χ4n) is 2.56. The Morgan fingerprint density at radius 1 is 1.00 bits per heavy atom. The summed E-state index contributed by atoms with van der Waals surface area (Å²) in [5, 5.41) is 36.7. The number of azo groups is 1. The molecule has 0 amide bonds. The van der Waals surface area contributed by atoms with Crippen LogP contribution in [-0.4, -0.2) is 47.3 Å². The molecule has 0 unspecified atom stereocenters. The number of anilines is 1. The number of benzene rings is 2. The molecule has 0 spiro atoms. The van der Waals surface area contributed by atoms with Crippen LogP contribution in [0.25, 0.3) is 0 Å². The van der Waals surface area contributed by atoms with Crippen molar-refractivity contribution in [3.8, 4) is 5.75 Å².